The van der Waals surface area contributed by atoms with Crippen LogP contribution in [-0.2, 0) is 7.05 Å². The zero-order valence-electron chi connectivity index (χ0n) is 9.26. The summed E-state index contributed by atoms with van der Waals surface area (Å²) in [6.07, 6.45) is 1.55. The molecule has 2 rings (SSSR count). The lowest BCUT2D eigenvalue weighted by Gasteiger charge is -2.00. The van der Waals surface area contributed by atoms with E-state index < -0.39 is 0 Å². The minimum Gasteiger partial charge on any atom is -0.303 e. The molecule has 7 heteroatoms. The number of carbonyl (C=O) groups is 1. The summed E-state index contributed by atoms with van der Waals surface area (Å²) in [6.45, 7) is 1.76. The molecule has 6 nitrogen and oxygen atoms in total. The van der Waals surface area contributed by atoms with Crippen LogP contribution >= 0.6 is 11.3 Å². The van der Waals surface area contributed by atoms with Gasteiger partial charge in [0.05, 0.1) is 11.2 Å². The second kappa shape index (κ2) is 4.35. The first-order valence-corrected chi connectivity index (χ1v) is 5.65. The van der Waals surface area contributed by atoms with Gasteiger partial charge in [-0.3, -0.25) is 9.48 Å². The third kappa shape index (κ3) is 2.16. The van der Waals surface area contributed by atoms with Gasteiger partial charge in [-0.05, 0) is 6.92 Å². The Kier molecular flexibility index (Phi) is 2.89. The Labute approximate surface area is 102 Å². The fraction of sp³-hybridized carbons (Fsp3) is 0.200. The Balaban J connectivity index is 2.25. The normalized spacial score (nSPS) is 9.94. The maximum Gasteiger partial charge on any atom is 0.268 e. The minimum absolute atomic E-state index is 0.271. The molecule has 17 heavy (non-hydrogen) atoms. The van der Waals surface area contributed by atoms with E-state index in [9.17, 15) is 4.79 Å². The van der Waals surface area contributed by atoms with Gasteiger partial charge in [0.1, 0.15) is 16.5 Å². The molecule has 0 aromatic carbocycles. The van der Waals surface area contributed by atoms with Crippen molar-refractivity contribution in [3.8, 4) is 6.07 Å². The second-order valence-electron chi connectivity index (χ2n) is 3.40. The minimum atomic E-state index is -0.291. The molecule has 1 N–H and O–H groups in total. The average molecular weight is 247 g/mol. The van der Waals surface area contributed by atoms with Crippen molar-refractivity contribution in [1.82, 2.24) is 14.8 Å². The summed E-state index contributed by atoms with van der Waals surface area (Å²) in [4.78, 5) is 16.4. The third-order valence-corrected chi connectivity index (χ3v) is 3.06. The molecular formula is C10H9N5OS. The summed E-state index contributed by atoms with van der Waals surface area (Å²) in [7, 11) is 1.69. The highest BCUT2D eigenvalue weighted by atomic mass is 32.1. The van der Waals surface area contributed by atoms with Gasteiger partial charge in [0.15, 0.2) is 5.82 Å². The quantitative estimate of drug-likeness (QED) is 0.867. The van der Waals surface area contributed by atoms with Crippen LogP contribution in [0.4, 0.5) is 5.82 Å². The molecule has 0 aliphatic carbocycles. The molecule has 1 amide bonds. The van der Waals surface area contributed by atoms with E-state index in [4.69, 9.17) is 5.26 Å². The van der Waals surface area contributed by atoms with Gasteiger partial charge in [-0.25, -0.2) is 4.98 Å². The van der Waals surface area contributed by atoms with E-state index in [1.165, 1.54) is 16.0 Å². The van der Waals surface area contributed by atoms with Gasteiger partial charge in [-0.2, -0.15) is 10.4 Å². The zero-order valence-corrected chi connectivity index (χ0v) is 10.1. The Morgan fingerprint density at radius 3 is 3.00 bits per heavy atom. The number of rotatable bonds is 2. The molecule has 0 unspecified atom stereocenters. The largest absolute Gasteiger partial charge is 0.303 e. The standard InChI is InChI=1S/C10H9N5OS/c1-6-8(17-5-12-6)10(16)13-9-7(3-11)4-15(2)14-9/h4-5H,1-2H3,(H,13,14,16). The summed E-state index contributed by atoms with van der Waals surface area (Å²) in [5.74, 6) is -0.0204. The number of amides is 1. The monoisotopic (exact) mass is 247 g/mol. The smallest absolute Gasteiger partial charge is 0.268 e. The van der Waals surface area contributed by atoms with Gasteiger partial charge in [0, 0.05) is 13.2 Å². The van der Waals surface area contributed by atoms with Crippen molar-refractivity contribution in [2.24, 2.45) is 7.05 Å². The van der Waals surface area contributed by atoms with Crippen LogP contribution in [-0.4, -0.2) is 20.7 Å². The molecule has 0 saturated carbocycles. The molecule has 2 aromatic rings. The number of anilines is 1. The highest BCUT2D eigenvalue weighted by Gasteiger charge is 2.15. The third-order valence-electron chi connectivity index (χ3n) is 2.13. The Morgan fingerprint density at radius 2 is 2.41 bits per heavy atom. The van der Waals surface area contributed by atoms with Crippen LogP contribution in [0.25, 0.3) is 0 Å². The van der Waals surface area contributed by atoms with Crippen LogP contribution in [0.1, 0.15) is 20.9 Å². The van der Waals surface area contributed by atoms with E-state index in [1.807, 2.05) is 6.07 Å². The van der Waals surface area contributed by atoms with Crippen LogP contribution in [0.5, 0.6) is 0 Å². The summed E-state index contributed by atoms with van der Waals surface area (Å²) >= 11 is 1.26. The predicted octanol–water partition coefficient (Wildman–Crippen LogP) is 1.31. The van der Waals surface area contributed by atoms with Crippen molar-refractivity contribution in [1.29, 1.82) is 5.26 Å². The Hall–Kier alpha value is -2.20. The lowest BCUT2D eigenvalue weighted by atomic mass is 10.3. The molecule has 0 bridgehead atoms. The molecule has 0 spiro atoms. The number of aromatic nitrogens is 3. The maximum atomic E-state index is 11.9. The Morgan fingerprint density at radius 1 is 1.65 bits per heavy atom. The Bertz CT molecular complexity index is 606. The number of nitriles is 1. The van der Waals surface area contributed by atoms with Crippen molar-refractivity contribution < 1.29 is 4.79 Å². The van der Waals surface area contributed by atoms with Crippen molar-refractivity contribution in [3.63, 3.8) is 0 Å². The number of hydrogen-bond acceptors (Lipinski definition) is 5. The zero-order chi connectivity index (χ0) is 12.4. The number of aryl methyl sites for hydroxylation is 2. The summed E-state index contributed by atoms with van der Waals surface area (Å²) in [6, 6.07) is 1.97. The molecule has 86 valence electrons. The van der Waals surface area contributed by atoms with Gasteiger partial charge in [0.2, 0.25) is 0 Å². The lowest BCUT2D eigenvalue weighted by Crippen LogP contribution is -2.13. The van der Waals surface area contributed by atoms with E-state index in [0.29, 0.717) is 16.1 Å². The molecule has 2 heterocycles. The topological polar surface area (TPSA) is 83.6 Å². The van der Waals surface area contributed by atoms with Gasteiger partial charge >= 0.3 is 0 Å². The number of nitrogens with zero attached hydrogens (tertiary/aromatic N) is 4. The highest BCUT2D eigenvalue weighted by Crippen LogP contribution is 2.16. The van der Waals surface area contributed by atoms with Crippen LogP contribution in [0.2, 0.25) is 0 Å². The fourth-order valence-corrected chi connectivity index (χ4v) is 2.04. The number of nitrogens with one attached hydrogen (secondary N) is 1. The van der Waals surface area contributed by atoms with Crippen LogP contribution < -0.4 is 5.32 Å². The summed E-state index contributed by atoms with van der Waals surface area (Å²) in [5.41, 5.74) is 2.61. The molecule has 0 aliphatic heterocycles. The van der Waals surface area contributed by atoms with Gasteiger partial charge < -0.3 is 5.32 Å². The summed E-state index contributed by atoms with van der Waals surface area (Å²) < 4.78 is 1.48. The van der Waals surface area contributed by atoms with Gasteiger partial charge in [-0.15, -0.1) is 11.3 Å². The molecule has 2 aromatic heterocycles. The van der Waals surface area contributed by atoms with Crippen molar-refractivity contribution >= 4 is 23.1 Å². The van der Waals surface area contributed by atoms with E-state index in [-0.39, 0.29) is 11.7 Å². The van der Waals surface area contributed by atoms with Crippen LogP contribution in [0, 0.1) is 18.3 Å². The van der Waals surface area contributed by atoms with Gasteiger partial charge in [-0.1, -0.05) is 0 Å². The van der Waals surface area contributed by atoms with E-state index >= 15 is 0 Å². The molecule has 0 saturated heterocycles. The van der Waals surface area contributed by atoms with Crippen LogP contribution in [0.15, 0.2) is 11.7 Å². The predicted molar refractivity (Wildman–Crippen MR) is 62.7 cm³/mol. The lowest BCUT2D eigenvalue weighted by molar-refractivity contribution is 0.102. The first-order valence-electron chi connectivity index (χ1n) is 4.77. The second-order valence-corrected chi connectivity index (χ2v) is 4.25. The van der Waals surface area contributed by atoms with E-state index in [0.717, 1.165) is 0 Å². The van der Waals surface area contributed by atoms with Crippen LogP contribution in [0.3, 0.4) is 0 Å². The molecule has 0 aliphatic rings. The maximum absolute atomic E-state index is 11.9. The van der Waals surface area contributed by atoms with Crippen molar-refractivity contribution in [2.45, 2.75) is 6.92 Å². The number of hydrogen-bond donors (Lipinski definition) is 1. The average Bonchev–Trinajstić information content (AvgIpc) is 2.84. The highest BCUT2D eigenvalue weighted by molar-refractivity contribution is 7.12. The SMILES string of the molecule is Cc1ncsc1C(=O)Nc1nn(C)cc1C#N. The molecular weight excluding hydrogens is 238 g/mol. The number of thiazole rings is 1. The molecule has 0 fully saturated rings. The summed E-state index contributed by atoms with van der Waals surface area (Å²) in [5, 5.41) is 15.5. The van der Waals surface area contributed by atoms with Crippen molar-refractivity contribution in [3.05, 3.63) is 27.8 Å². The number of carbonyl (C=O) groups excluding carboxylic acids is 1. The first-order chi connectivity index (χ1) is 8.11. The molecule has 0 radical (unpaired) electrons. The first kappa shape index (κ1) is 11.3. The fourth-order valence-electron chi connectivity index (χ4n) is 1.35. The molecule has 0 atom stereocenters. The van der Waals surface area contributed by atoms with E-state index in [1.54, 1.807) is 25.7 Å². The van der Waals surface area contributed by atoms with Crippen molar-refractivity contribution in [2.75, 3.05) is 5.32 Å². The van der Waals surface area contributed by atoms with Gasteiger partial charge in [0.25, 0.3) is 5.91 Å². The van der Waals surface area contributed by atoms with E-state index in [2.05, 4.69) is 15.4 Å².